The van der Waals surface area contributed by atoms with Crippen LogP contribution in [0.25, 0.3) is 16.6 Å². The summed E-state index contributed by atoms with van der Waals surface area (Å²) in [4.78, 5) is 14.0. The molecule has 1 aromatic carbocycles. The lowest BCUT2D eigenvalue weighted by molar-refractivity contribution is -0.113. The lowest BCUT2D eigenvalue weighted by Crippen LogP contribution is -2.14. The Hall–Kier alpha value is -2.89. The lowest BCUT2D eigenvalue weighted by atomic mass is 9.89. The Morgan fingerprint density at radius 1 is 1.39 bits per heavy atom. The fraction of sp³-hybridized carbons (Fsp3) is 0.304. The number of carbonyl (C=O) groups is 1. The van der Waals surface area contributed by atoms with Crippen LogP contribution < -0.4 is 5.32 Å². The Morgan fingerprint density at radius 2 is 2.23 bits per heavy atom. The van der Waals surface area contributed by atoms with Crippen molar-refractivity contribution in [3.8, 4) is 6.07 Å². The van der Waals surface area contributed by atoms with E-state index in [9.17, 15) is 10.1 Å². The van der Waals surface area contributed by atoms with E-state index in [0.29, 0.717) is 21.6 Å². The molecule has 1 aliphatic carbocycles. The molecule has 3 aromatic heterocycles. The van der Waals surface area contributed by atoms with Crippen molar-refractivity contribution in [2.24, 2.45) is 5.92 Å². The summed E-state index contributed by atoms with van der Waals surface area (Å²) in [6.07, 6.45) is 2.99. The topological polar surface area (TPSA) is 83.1 Å². The first-order chi connectivity index (χ1) is 15.0. The van der Waals surface area contributed by atoms with Crippen LogP contribution in [0.4, 0.5) is 5.00 Å². The van der Waals surface area contributed by atoms with E-state index in [1.54, 1.807) is 11.3 Å². The first kappa shape index (κ1) is 20.0. The van der Waals surface area contributed by atoms with Crippen molar-refractivity contribution in [3.05, 3.63) is 51.9 Å². The van der Waals surface area contributed by atoms with E-state index in [2.05, 4.69) is 41.5 Å². The molecular weight excluding hydrogens is 426 g/mol. The number of hydrogen-bond donors (Lipinski definition) is 1. The number of nitrogens with one attached hydrogen (secondary N) is 1. The zero-order chi connectivity index (χ0) is 21.5. The molecule has 156 valence electrons. The van der Waals surface area contributed by atoms with Gasteiger partial charge < -0.3 is 5.32 Å². The molecule has 4 aromatic rings. The van der Waals surface area contributed by atoms with E-state index in [1.807, 2.05) is 28.7 Å². The number of hydrogen-bond acceptors (Lipinski definition) is 6. The van der Waals surface area contributed by atoms with Crippen LogP contribution in [0.3, 0.4) is 0 Å². The number of anilines is 1. The highest BCUT2D eigenvalue weighted by molar-refractivity contribution is 7.99. The maximum Gasteiger partial charge on any atom is 0.235 e. The van der Waals surface area contributed by atoms with Crippen molar-refractivity contribution < 1.29 is 4.79 Å². The molecule has 31 heavy (non-hydrogen) atoms. The molecule has 0 aliphatic heterocycles. The molecule has 1 aliphatic rings. The SMILES string of the molecule is Cc1cc2nnc(SCC(=O)Nc3sc4c(c3C#N)CCC(C)C4)n2c2ccccc12. The third-order valence-corrected chi connectivity index (χ3v) is 7.88. The van der Waals surface area contributed by atoms with Gasteiger partial charge in [-0.2, -0.15) is 5.26 Å². The van der Waals surface area contributed by atoms with Crippen LogP contribution in [-0.2, 0) is 17.6 Å². The summed E-state index contributed by atoms with van der Waals surface area (Å²) in [7, 11) is 0. The van der Waals surface area contributed by atoms with E-state index in [-0.39, 0.29) is 11.7 Å². The second kappa shape index (κ2) is 7.98. The minimum Gasteiger partial charge on any atom is -0.316 e. The highest BCUT2D eigenvalue weighted by atomic mass is 32.2. The van der Waals surface area contributed by atoms with Crippen molar-refractivity contribution in [2.45, 2.75) is 38.3 Å². The normalized spacial score (nSPS) is 15.7. The standard InChI is InChI=1S/C23H21N5OS2/c1-13-7-8-16-17(11-24)22(31-19(16)9-13)25-21(29)12-30-23-27-26-20-10-14(2)15-5-3-4-6-18(15)28(20)23/h3-6,10,13H,7-9,12H2,1-2H3,(H,25,29). The molecule has 0 saturated heterocycles. The number of nitriles is 1. The molecule has 8 heteroatoms. The monoisotopic (exact) mass is 447 g/mol. The number of rotatable bonds is 4. The number of para-hydroxylation sites is 1. The van der Waals surface area contributed by atoms with Crippen molar-refractivity contribution in [1.29, 1.82) is 5.26 Å². The maximum atomic E-state index is 12.7. The number of thioether (sulfide) groups is 1. The van der Waals surface area contributed by atoms with Crippen LogP contribution in [0.15, 0.2) is 35.5 Å². The second-order valence-corrected chi connectivity index (χ2v) is 10.1. The lowest BCUT2D eigenvalue weighted by Gasteiger charge is -2.17. The molecule has 0 saturated carbocycles. The van der Waals surface area contributed by atoms with Crippen LogP contribution in [-0.4, -0.2) is 26.3 Å². The Morgan fingerprint density at radius 3 is 3.06 bits per heavy atom. The van der Waals surface area contributed by atoms with E-state index >= 15 is 0 Å². The Kier molecular flexibility index (Phi) is 5.16. The Labute approximate surface area is 188 Å². The molecule has 1 amide bonds. The molecule has 1 atom stereocenters. The van der Waals surface area contributed by atoms with Gasteiger partial charge >= 0.3 is 0 Å². The number of nitrogens with zero attached hydrogens (tertiary/aromatic N) is 4. The predicted octanol–water partition coefficient (Wildman–Crippen LogP) is 4.98. The predicted molar refractivity (Wildman–Crippen MR) is 125 cm³/mol. The number of thiophene rings is 1. The average Bonchev–Trinajstić information content (AvgIpc) is 3.32. The fourth-order valence-corrected chi connectivity index (χ4v) is 6.35. The van der Waals surface area contributed by atoms with Crippen LogP contribution in [0, 0.1) is 24.2 Å². The third kappa shape index (κ3) is 3.58. The van der Waals surface area contributed by atoms with E-state index < -0.39 is 0 Å². The van der Waals surface area contributed by atoms with Crippen LogP contribution in [0.1, 0.15) is 34.9 Å². The summed E-state index contributed by atoms with van der Waals surface area (Å²) in [6.45, 7) is 4.29. The van der Waals surface area contributed by atoms with Crippen molar-refractivity contribution in [3.63, 3.8) is 0 Å². The summed E-state index contributed by atoms with van der Waals surface area (Å²) in [5, 5.41) is 23.7. The van der Waals surface area contributed by atoms with Gasteiger partial charge in [-0.15, -0.1) is 21.5 Å². The van der Waals surface area contributed by atoms with Gasteiger partial charge in [0.1, 0.15) is 11.1 Å². The highest BCUT2D eigenvalue weighted by Gasteiger charge is 2.24. The number of benzene rings is 1. The maximum absolute atomic E-state index is 12.7. The summed E-state index contributed by atoms with van der Waals surface area (Å²) >= 11 is 2.90. The number of aromatic nitrogens is 3. The molecule has 0 fully saturated rings. The molecule has 0 spiro atoms. The summed E-state index contributed by atoms with van der Waals surface area (Å²) < 4.78 is 1.99. The van der Waals surface area contributed by atoms with Crippen molar-refractivity contribution >= 4 is 50.6 Å². The zero-order valence-corrected chi connectivity index (χ0v) is 18.9. The molecule has 0 radical (unpaired) electrons. The highest BCUT2D eigenvalue weighted by Crippen LogP contribution is 2.39. The minimum atomic E-state index is -0.138. The van der Waals surface area contributed by atoms with Gasteiger partial charge in [0.25, 0.3) is 0 Å². The number of aryl methyl sites for hydroxylation is 1. The molecular formula is C23H21N5OS2. The van der Waals surface area contributed by atoms with Crippen LogP contribution in [0.2, 0.25) is 0 Å². The quantitative estimate of drug-likeness (QED) is 0.446. The number of pyridine rings is 1. The first-order valence-electron chi connectivity index (χ1n) is 10.3. The van der Waals surface area contributed by atoms with Gasteiger partial charge in [-0.05, 0) is 55.4 Å². The fourth-order valence-electron chi connectivity index (χ4n) is 4.22. The Balaban J connectivity index is 1.37. The molecule has 1 N–H and O–H groups in total. The molecule has 5 rings (SSSR count). The van der Waals surface area contributed by atoms with Gasteiger partial charge in [0.2, 0.25) is 5.91 Å². The van der Waals surface area contributed by atoms with E-state index in [4.69, 9.17) is 0 Å². The van der Waals surface area contributed by atoms with Gasteiger partial charge in [-0.1, -0.05) is 36.9 Å². The molecule has 0 bridgehead atoms. The van der Waals surface area contributed by atoms with Crippen LogP contribution in [0.5, 0.6) is 0 Å². The number of carbonyl (C=O) groups excluding carboxylic acids is 1. The molecule has 3 heterocycles. The first-order valence-corrected chi connectivity index (χ1v) is 12.1. The van der Waals surface area contributed by atoms with Crippen molar-refractivity contribution in [1.82, 2.24) is 14.6 Å². The molecule has 1 unspecified atom stereocenters. The summed E-state index contributed by atoms with van der Waals surface area (Å²) in [5.41, 5.74) is 4.70. The summed E-state index contributed by atoms with van der Waals surface area (Å²) in [5.74, 6) is 0.685. The summed E-state index contributed by atoms with van der Waals surface area (Å²) in [6, 6.07) is 12.4. The smallest absolute Gasteiger partial charge is 0.235 e. The van der Waals surface area contributed by atoms with E-state index in [1.165, 1.54) is 16.6 Å². The average molecular weight is 448 g/mol. The second-order valence-electron chi connectivity index (χ2n) is 8.03. The van der Waals surface area contributed by atoms with Crippen LogP contribution >= 0.6 is 23.1 Å². The largest absolute Gasteiger partial charge is 0.316 e. The number of fused-ring (bicyclic) bond motifs is 4. The zero-order valence-electron chi connectivity index (χ0n) is 17.3. The van der Waals surface area contributed by atoms with Gasteiger partial charge in [0.05, 0.1) is 16.8 Å². The van der Waals surface area contributed by atoms with Crippen molar-refractivity contribution in [2.75, 3.05) is 11.1 Å². The van der Waals surface area contributed by atoms with Gasteiger partial charge in [-0.3, -0.25) is 9.20 Å². The minimum absolute atomic E-state index is 0.138. The van der Waals surface area contributed by atoms with Gasteiger partial charge in [0.15, 0.2) is 10.8 Å². The molecule has 6 nitrogen and oxygen atoms in total. The van der Waals surface area contributed by atoms with Gasteiger partial charge in [-0.25, -0.2) is 0 Å². The van der Waals surface area contributed by atoms with Gasteiger partial charge in [0, 0.05) is 10.3 Å². The number of amides is 1. The van der Waals surface area contributed by atoms with E-state index in [0.717, 1.165) is 46.9 Å². The Bertz CT molecular complexity index is 1360. The third-order valence-electron chi connectivity index (χ3n) is 5.78.